The van der Waals surface area contributed by atoms with Crippen LogP contribution in [0, 0.1) is 0 Å². The van der Waals surface area contributed by atoms with Crippen LogP contribution in [0.3, 0.4) is 0 Å². The molecule has 0 saturated heterocycles. The molecule has 1 saturated carbocycles. The van der Waals surface area contributed by atoms with Gasteiger partial charge in [0.1, 0.15) is 5.82 Å². The number of imidazole rings is 1. The Morgan fingerprint density at radius 1 is 1.09 bits per heavy atom. The molecule has 0 spiro atoms. The molecule has 0 unspecified atom stereocenters. The molecule has 32 heavy (non-hydrogen) atoms. The third kappa shape index (κ3) is 5.17. The Bertz CT molecular complexity index is 1020. The minimum atomic E-state index is -3.53. The third-order valence-electron chi connectivity index (χ3n) is 6.79. The van der Waals surface area contributed by atoms with Crippen LogP contribution in [-0.4, -0.2) is 59.3 Å². The van der Waals surface area contributed by atoms with Crippen LogP contribution in [-0.2, 0) is 27.8 Å². The highest BCUT2D eigenvalue weighted by atomic mass is 32.2. The number of fused-ring (bicyclic) bond motifs is 1. The van der Waals surface area contributed by atoms with Gasteiger partial charge in [0.25, 0.3) is 0 Å². The van der Waals surface area contributed by atoms with Crippen molar-refractivity contribution in [2.45, 2.75) is 89.6 Å². The first kappa shape index (κ1) is 24.7. The van der Waals surface area contributed by atoms with E-state index in [0.29, 0.717) is 37.5 Å². The van der Waals surface area contributed by atoms with Gasteiger partial charge in [-0.25, -0.2) is 13.4 Å². The van der Waals surface area contributed by atoms with Gasteiger partial charge >= 0.3 is 0 Å². The number of amides is 1. The molecule has 0 N–H and O–H groups in total. The Morgan fingerprint density at radius 3 is 2.34 bits per heavy atom. The van der Waals surface area contributed by atoms with E-state index < -0.39 is 10.0 Å². The molecule has 2 aromatic rings. The highest BCUT2D eigenvalue weighted by Crippen LogP contribution is 2.25. The molecule has 0 atom stereocenters. The summed E-state index contributed by atoms with van der Waals surface area (Å²) in [6.45, 7) is 7.31. The molecule has 0 aliphatic heterocycles. The van der Waals surface area contributed by atoms with Crippen LogP contribution in [0.25, 0.3) is 11.0 Å². The smallest absolute Gasteiger partial charge is 0.243 e. The number of hydrogen-bond donors (Lipinski definition) is 0. The van der Waals surface area contributed by atoms with Crippen molar-refractivity contribution in [2.75, 3.05) is 20.1 Å². The number of carbonyl (C=O) groups excluding carboxylic acids is 1. The molecule has 0 radical (unpaired) electrons. The lowest BCUT2D eigenvalue weighted by atomic mass is 10.1. The maximum atomic E-state index is 12.9. The fraction of sp³-hybridized carbons (Fsp3) is 0.667. The van der Waals surface area contributed by atoms with Gasteiger partial charge in [-0.1, -0.05) is 39.5 Å². The number of rotatable bonds is 9. The summed E-state index contributed by atoms with van der Waals surface area (Å²) in [6.07, 6.45) is 8.10. The van der Waals surface area contributed by atoms with E-state index in [1.807, 2.05) is 38.8 Å². The number of aryl methyl sites for hydroxylation is 2. The molecule has 0 bridgehead atoms. The summed E-state index contributed by atoms with van der Waals surface area (Å²) < 4.78 is 29.3. The van der Waals surface area contributed by atoms with Crippen molar-refractivity contribution in [2.24, 2.45) is 0 Å². The lowest BCUT2D eigenvalue weighted by Gasteiger charge is -2.27. The van der Waals surface area contributed by atoms with E-state index in [1.54, 1.807) is 12.1 Å². The van der Waals surface area contributed by atoms with Crippen LogP contribution < -0.4 is 0 Å². The number of nitrogens with zero attached hydrogens (tertiary/aromatic N) is 4. The van der Waals surface area contributed by atoms with Crippen LogP contribution in [0.1, 0.15) is 71.5 Å². The molecular weight excluding hydrogens is 424 g/mol. The normalized spacial score (nSPS) is 15.9. The topological polar surface area (TPSA) is 75.5 Å². The van der Waals surface area contributed by atoms with Crippen molar-refractivity contribution < 1.29 is 13.2 Å². The molecule has 1 aliphatic carbocycles. The number of sulfonamides is 1. The monoisotopic (exact) mass is 462 g/mol. The summed E-state index contributed by atoms with van der Waals surface area (Å²) >= 11 is 0. The van der Waals surface area contributed by atoms with Gasteiger partial charge in [-0.2, -0.15) is 4.31 Å². The molecule has 1 amide bonds. The van der Waals surface area contributed by atoms with Gasteiger partial charge in [0.2, 0.25) is 15.9 Å². The largest absolute Gasteiger partial charge is 0.343 e. The van der Waals surface area contributed by atoms with Crippen molar-refractivity contribution >= 4 is 27.0 Å². The zero-order valence-corrected chi connectivity index (χ0v) is 20.8. The highest BCUT2D eigenvalue weighted by Gasteiger charge is 2.24. The second-order valence-electron chi connectivity index (χ2n) is 8.66. The minimum absolute atomic E-state index is 0.163. The SMILES string of the molecule is CCN(CC)S(=O)(=O)c1ccc2c(c1)nc(CCC(=O)N(C)C1CCCCCC1)n2CC. The van der Waals surface area contributed by atoms with E-state index in [4.69, 9.17) is 4.98 Å². The van der Waals surface area contributed by atoms with Crippen LogP contribution in [0.2, 0.25) is 0 Å². The molecule has 1 aromatic heterocycles. The molecule has 178 valence electrons. The van der Waals surface area contributed by atoms with E-state index in [2.05, 4.69) is 4.57 Å². The average molecular weight is 463 g/mol. The van der Waals surface area contributed by atoms with Gasteiger partial charge < -0.3 is 9.47 Å². The third-order valence-corrected chi connectivity index (χ3v) is 8.83. The van der Waals surface area contributed by atoms with Crippen molar-refractivity contribution in [3.63, 3.8) is 0 Å². The Balaban J connectivity index is 1.79. The van der Waals surface area contributed by atoms with E-state index in [-0.39, 0.29) is 10.8 Å². The first-order chi connectivity index (χ1) is 15.3. The Hall–Kier alpha value is -1.93. The number of aromatic nitrogens is 2. The first-order valence-corrected chi connectivity index (χ1v) is 13.5. The quantitative estimate of drug-likeness (QED) is 0.524. The molecule has 3 rings (SSSR count). The van der Waals surface area contributed by atoms with Crippen LogP contribution in [0.5, 0.6) is 0 Å². The molecular formula is C24H38N4O3S. The summed E-state index contributed by atoms with van der Waals surface area (Å²) in [5, 5.41) is 0. The van der Waals surface area contributed by atoms with Crippen molar-refractivity contribution in [1.29, 1.82) is 0 Å². The van der Waals surface area contributed by atoms with Crippen LogP contribution >= 0.6 is 0 Å². The van der Waals surface area contributed by atoms with Gasteiger partial charge in [-0.05, 0) is 38.0 Å². The molecule has 7 nitrogen and oxygen atoms in total. The predicted octanol–water partition coefficient (Wildman–Crippen LogP) is 4.20. The first-order valence-electron chi connectivity index (χ1n) is 12.1. The number of hydrogen-bond acceptors (Lipinski definition) is 4. The van der Waals surface area contributed by atoms with Crippen LogP contribution in [0.4, 0.5) is 0 Å². The fourth-order valence-corrected chi connectivity index (χ4v) is 6.30. The maximum absolute atomic E-state index is 12.9. The molecule has 8 heteroatoms. The molecule has 1 fully saturated rings. The van der Waals surface area contributed by atoms with Gasteiger partial charge in [0, 0.05) is 45.6 Å². The highest BCUT2D eigenvalue weighted by molar-refractivity contribution is 7.89. The Morgan fingerprint density at radius 2 is 1.75 bits per heavy atom. The zero-order valence-electron chi connectivity index (χ0n) is 20.0. The second kappa shape index (κ2) is 10.8. The summed E-state index contributed by atoms with van der Waals surface area (Å²) in [5.41, 5.74) is 1.57. The van der Waals surface area contributed by atoms with Crippen molar-refractivity contribution in [3.05, 3.63) is 24.0 Å². The van der Waals surface area contributed by atoms with Gasteiger partial charge in [0.15, 0.2) is 0 Å². The zero-order chi connectivity index (χ0) is 23.3. The van der Waals surface area contributed by atoms with Gasteiger partial charge in [0.05, 0.1) is 15.9 Å². The fourth-order valence-electron chi connectivity index (χ4n) is 4.82. The molecule has 1 aromatic carbocycles. The predicted molar refractivity (Wildman–Crippen MR) is 128 cm³/mol. The number of benzene rings is 1. The van der Waals surface area contributed by atoms with Gasteiger partial charge in [-0.15, -0.1) is 0 Å². The summed E-state index contributed by atoms with van der Waals surface area (Å²) in [4.78, 5) is 19.8. The average Bonchev–Trinajstić information content (AvgIpc) is 2.93. The summed E-state index contributed by atoms with van der Waals surface area (Å²) in [7, 11) is -1.60. The maximum Gasteiger partial charge on any atom is 0.243 e. The lowest BCUT2D eigenvalue weighted by molar-refractivity contribution is -0.132. The van der Waals surface area contributed by atoms with E-state index in [9.17, 15) is 13.2 Å². The Labute approximate surface area is 192 Å². The Kier molecular flexibility index (Phi) is 8.33. The van der Waals surface area contributed by atoms with E-state index in [0.717, 1.165) is 30.7 Å². The standard InChI is InChI=1S/C24H38N4O3S/c1-5-27(6-2)32(30,31)20-14-15-22-21(18-20)25-23(28(22)7-3)16-17-24(29)26(4)19-12-10-8-9-11-13-19/h14-15,18-19H,5-13,16-17H2,1-4H3. The van der Waals surface area contributed by atoms with Gasteiger partial charge in [-0.3, -0.25) is 4.79 Å². The van der Waals surface area contributed by atoms with Crippen molar-refractivity contribution in [3.8, 4) is 0 Å². The summed E-state index contributed by atoms with van der Waals surface area (Å²) in [6, 6.07) is 5.52. The second-order valence-corrected chi connectivity index (χ2v) is 10.6. The van der Waals surface area contributed by atoms with Crippen molar-refractivity contribution in [1.82, 2.24) is 18.8 Å². The molecule has 1 aliphatic rings. The number of carbonyl (C=O) groups is 1. The lowest BCUT2D eigenvalue weighted by Crippen LogP contribution is -2.37. The molecule has 1 heterocycles. The minimum Gasteiger partial charge on any atom is -0.343 e. The summed E-state index contributed by atoms with van der Waals surface area (Å²) in [5.74, 6) is 0.999. The van der Waals surface area contributed by atoms with E-state index >= 15 is 0 Å². The van der Waals surface area contributed by atoms with Crippen LogP contribution in [0.15, 0.2) is 23.1 Å². The van der Waals surface area contributed by atoms with E-state index in [1.165, 1.54) is 30.0 Å².